The highest BCUT2D eigenvalue weighted by Crippen LogP contribution is 2.42. The lowest BCUT2D eigenvalue weighted by atomic mass is 9.79. The van der Waals surface area contributed by atoms with Gasteiger partial charge in [0, 0.05) is 19.3 Å². The number of carbonyl (C=O) groups excluding carboxylic acids is 1. The second kappa shape index (κ2) is 5.60. The van der Waals surface area contributed by atoms with Crippen LogP contribution in [0.3, 0.4) is 0 Å². The number of amides is 1. The van der Waals surface area contributed by atoms with Crippen LogP contribution in [-0.2, 0) is 5.54 Å². The predicted molar refractivity (Wildman–Crippen MR) is 95.5 cm³/mol. The Kier molecular flexibility index (Phi) is 3.59. The fraction of sp³-hybridized carbons (Fsp3) is 0.368. The number of fused-ring (bicyclic) bond motifs is 3. The third-order valence-electron chi connectivity index (χ3n) is 5.72. The van der Waals surface area contributed by atoms with Crippen molar-refractivity contribution < 1.29 is 15.0 Å². The highest BCUT2D eigenvalue weighted by Gasteiger charge is 2.52. The summed E-state index contributed by atoms with van der Waals surface area (Å²) in [5.74, 6) is -0.980. The van der Waals surface area contributed by atoms with Gasteiger partial charge in [0.2, 0.25) is 5.43 Å². The zero-order valence-corrected chi connectivity index (χ0v) is 14.7. The average Bonchev–Trinajstić information content (AvgIpc) is 2.65. The molecule has 3 atom stereocenters. The lowest BCUT2D eigenvalue weighted by molar-refractivity contribution is -0.0102. The summed E-state index contributed by atoms with van der Waals surface area (Å²) in [6, 6.07) is 10.8. The van der Waals surface area contributed by atoms with Gasteiger partial charge in [0.1, 0.15) is 11.7 Å². The molecular formula is C19H21N3O4. The molecule has 1 amide bonds. The molecule has 7 heteroatoms. The molecule has 1 aromatic heterocycles. The first-order valence-electron chi connectivity index (χ1n) is 8.62. The van der Waals surface area contributed by atoms with Gasteiger partial charge in [-0.1, -0.05) is 30.3 Å². The van der Waals surface area contributed by atoms with Gasteiger partial charge in [0.25, 0.3) is 5.91 Å². The van der Waals surface area contributed by atoms with Crippen molar-refractivity contribution >= 4 is 5.91 Å². The number of pyridine rings is 1. The summed E-state index contributed by atoms with van der Waals surface area (Å²) in [6.45, 7) is 1.92. The molecule has 1 saturated heterocycles. The minimum Gasteiger partial charge on any atom is -0.502 e. The monoisotopic (exact) mass is 355 g/mol. The van der Waals surface area contributed by atoms with Crippen molar-refractivity contribution in [3.8, 4) is 5.75 Å². The molecule has 3 heterocycles. The first-order valence-corrected chi connectivity index (χ1v) is 8.62. The summed E-state index contributed by atoms with van der Waals surface area (Å²) in [7, 11) is 1.66. The topological polar surface area (TPSA) is 86.0 Å². The van der Waals surface area contributed by atoms with E-state index >= 15 is 0 Å². The van der Waals surface area contributed by atoms with Gasteiger partial charge in [-0.05, 0) is 25.3 Å². The molecule has 4 rings (SSSR count). The Morgan fingerprint density at radius 3 is 2.50 bits per heavy atom. The van der Waals surface area contributed by atoms with Crippen LogP contribution in [0.5, 0.6) is 5.75 Å². The van der Waals surface area contributed by atoms with Gasteiger partial charge >= 0.3 is 0 Å². The molecule has 0 bridgehead atoms. The Hall–Kier alpha value is -2.80. The normalized spacial score (nSPS) is 27.9. The minimum atomic E-state index is -0.838. The van der Waals surface area contributed by atoms with Gasteiger partial charge in [-0.25, -0.2) is 0 Å². The van der Waals surface area contributed by atoms with Crippen LogP contribution in [0.25, 0.3) is 0 Å². The zero-order chi connectivity index (χ0) is 18.6. The number of aliphatic hydroxyl groups is 1. The van der Waals surface area contributed by atoms with Crippen LogP contribution in [0.2, 0.25) is 0 Å². The van der Waals surface area contributed by atoms with E-state index in [0.29, 0.717) is 12.8 Å². The van der Waals surface area contributed by atoms with Crippen LogP contribution < -0.4 is 10.4 Å². The van der Waals surface area contributed by atoms with Crippen LogP contribution in [0.15, 0.2) is 47.4 Å². The van der Waals surface area contributed by atoms with Gasteiger partial charge in [0.15, 0.2) is 11.4 Å². The van der Waals surface area contributed by atoms with Crippen molar-refractivity contribution in [3.05, 3.63) is 64.1 Å². The van der Waals surface area contributed by atoms with E-state index in [-0.39, 0.29) is 11.9 Å². The Bertz CT molecular complexity index is 926. The van der Waals surface area contributed by atoms with Crippen LogP contribution in [0.1, 0.15) is 35.8 Å². The van der Waals surface area contributed by atoms with E-state index < -0.39 is 28.7 Å². The summed E-state index contributed by atoms with van der Waals surface area (Å²) in [5, 5.41) is 23.1. The third kappa shape index (κ3) is 2.03. The molecule has 0 aliphatic carbocycles. The van der Waals surface area contributed by atoms with Crippen LogP contribution >= 0.6 is 0 Å². The van der Waals surface area contributed by atoms with Crippen molar-refractivity contribution in [2.75, 3.05) is 12.1 Å². The first kappa shape index (κ1) is 16.7. The molecule has 26 heavy (non-hydrogen) atoms. The molecule has 0 radical (unpaired) electrons. The Morgan fingerprint density at radius 2 is 1.81 bits per heavy atom. The molecule has 0 spiro atoms. The number of carbonyl (C=O) groups is 1. The summed E-state index contributed by atoms with van der Waals surface area (Å²) in [4.78, 5) is 26.2. The molecule has 1 aromatic carbocycles. The van der Waals surface area contributed by atoms with Gasteiger partial charge in [0.05, 0.1) is 6.10 Å². The van der Waals surface area contributed by atoms with Gasteiger partial charge in [-0.15, -0.1) is 0 Å². The lowest BCUT2D eigenvalue weighted by Crippen LogP contribution is -2.71. The average molecular weight is 355 g/mol. The molecule has 2 N–H and O–H groups in total. The molecule has 2 aromatic rings. The van der Waals surface area contributed by atoms with Gasteiger partial charge in [-0.2, -0.15) is 0 Å². The van der Waals surface area contributed by atoms with Crippen LogP contribution in [0, 0.1) is 0 Å². The van der Waals surface area contributed by atoms with Crippen molar-refractivity contribution in [1.29, 1.82) is 0 Å². The molecule has 3 unspecified atom stereocenters. The van der Waals surface area contributed by atoms with Crippen molar-refractivity contribution in [3.63, 3.8) is 0 Å². The number of aromatic nitrogens is 1. The predicted octanol–water partition coefficient (Wildman–Crippen LogP) is 0.974. The Morgan fingerprint density at radius 1 is 1.12 bits per heavy atom. The summed E-state index contributed by atoms with van der Waals surface area (Å²) < 4.78 is 1.53. The summed E-state index contributed by atoms with van der Waals surface area (Å²) in [5.41, 5.74) is -0.623. The number of piperidine rings is 1. The van der Waals surface area contributed by atoms with Gasteiger partial charge in [-0.3, -0.25) is 19.3 Å². The number of hydrogen-bond acceptors (Lipinski definition) is 5. The largest absolute Gasteiger partial charge is 0.502 e. The highest BCUT2D eigenvalue weighted by molar-refractivity contribution is 5.96. The second-order valence-corrected chi connectivity index (χ2v) is 7.07. The van der Waals surface area contributed by atoms with E-state index in [1.165, 1.54) is 21.8 Å². The van der Waals surface area contributed by atoms with E-state index in [4.69, 9.17) is 0 Å². The number of rotatable bonds is 1. The number of aliphatic hydroxyl groups excluding tert-OH is 1. The number of nitrogens with zero attached hydrogens (tertiary/aromatic N) is 3. The quantitative estimate of drug-likeness (QED) is 0.796. The summed E-state index contributed by atoms with van der Waals surface area (Å²) in [6.07, 6.45) is 1.63. The molecule has 1 fully saturated rings. The fourth-order valence-electron chi connectivity index (χ4n) is 4.20. The van der Waals surface area contributed by atoms with E-state index in [1.807, 2.05) is 42.3 Å². The van der Waals surface area contributed by atoms with E-state index in [0.717, 1.165) is 5.56 Å². The number of benzene rings is 1. The van der Waals surface area contributed by atoms with Crippen molar-refractivity contribution in [2.45, 2.75) is 37.6 Å². The second-order valence-electron chi connectivity index (χ2n) is 7.07. The molecule has 136 valence electrons. The van der Waals surface area contributed by atoms with Crippen LogP contribution in [0.4, 0.5) is 0 Å². The van der Waals surface area contributed by atoms with Crippen molar-refractivity contribution in [2.24, 2.45) is 0 Å². The fourth-order valence-corrected chi connectivity index (χ4v) is 4.20. The zero-order valence-electron chi connectivity index (χ0n) is 14.7. The lowest BCUT2D eigenvalue weighted by Gasteiger charge is -2.58. The molecule has 0 saturated carbocycles. The SMILES string of the molecule is CN1C(=O)c2c(O)c(=O)ccn2N2C1CCC(O)C2(C)c1ccccc1. The van der Waals surface area contributed by atoms with Crippen molar-refractivity contribution in [1.82, 2.24) is 9.58 Å². The minimum absolute atomic E-state index is 0.0764. The van der Waals surface area contributed by atoms with E-state index in [1.54, 1.807) is 7.05 Å². The maximum absolute atomic E-state index is 12.8. The molecule has 2 aliphatic rings. The standard InChI is InChI=1S/C19H21N3O4/c1-19(12-6-4-3-5-7-12)14(24)8-9-15-20(2)18(26)16-17(25)13(23)10-11-21(16)22(15)19/h3-7,10-11,14-15,24-25H,8-9H2,1-2H3. The van der Waals surface area contributed by atoms with Gasteiger partial charge < -0.3 is 15.1 Å². The molecule has 7 nitrogen and oxygen atoms in total. The van der Waals surface area contributed by atoms with E-state index in [9.17, 15) is 19.8 Å². The van der Waals surface area contributed by atoms with Crippen LogP contribution in [-0.4, -0.2) is 45.0 Å². The Balaban J connectivity index is 2.01. The smallest absolute Gasteiger partial charge is 0.277 e. The van der Waals surface area contributed by atoms with E-state index in [2.05, 4.69) is 0 Å². The molecular weight excluding hydrogens is 334 g/mol. The highest BCUT2D eigenvalue weighted by atomic mass is 16.3. The number of hydrogen-bond donors (Lipinski definition) is 2. The first-order chi connectivity index (χ1) is 12.4. The third-order valence-corrected chi connectivity index (χ3v) is 5.72. The number of aromatic hydroxyl groups is 1. The Labute approximate surface area is 150 Å². The molecule has 2 aliphatic heterocycles. The summed E-state index contributed by atoms with van der Waals surface area (Å²) >= 11 is 0. The maximum atomic E-state index is 12.8. The maximum Gasteiger partial charge on any atom is 0.277 e.